The highest BCUT2D eigenvalue weighted by Gasteiger charge is 2.18. The molecule has 2 heterocycles. The Morgan fingerprint density at radius 2 is 1.83 bits per heavy atom. The van der Waals surface area contributed by atoms with Gasteiger partial charge in [-0.15, -0.1) is 0 Å². The molecule has 1 atom stereocenters. The van der Waals surface area contributed by atoms with Crippen molar-refractivity contribution in [2.75, 3.05) is 59.7 Å². The van der Waals surface area contributed by atoms with Crippen molar-refractivity contribution in [2.45, 2.75) is 25.5 Å². The van der Waals surface area contributed by atoms with Gasteiger partial charge in [0.2, 0.25) is 0 Å². The summed E-state index contributed by atoms with van der Waals surface area (Å²) in [7, 11) is 1.71. The zero-order valence-electron chi connectivity index (χ0n) is 14.8. The molecule has 24 heavy (non-hydrogen) atoms. The van der Waals surface area contributed by atoms with Crippen LogP contribution in [0.25, 0.3) is 0 Å². The van der Waals surface area contributed by atoms with Gasteiger partial charge in [-0.05, 0) is 30.5 Å². The highest BCUT2D eigenvalue weighted by molar-refractivity contribution is 5.27. The van der Waals surface area contributed by atoms with Crippen molar-refractivity contribution in [3.63, 3.8) is 0 Å². The first-order valence-electron chi connectivity index (χ1n) is 9.10. The van der Waals surface area contributed by atoms with E-state index >= 15 is 0 Å². The van der Waals surface area contributed by atoms with Crippen molar-refractivity contribution in [1.29, 1.82) is 0 Å². The van der Waals surface area contributed by atoms with Crippen LogP contribution in [0.4, 0.5) is 0 Å². The van der Waals surface area contributed by atoms with E-state index in [2.05, 4.69) is 21.9 Å². The van der Waals surface area contributed by atoms with Crippen LogP contribution in [0, 0.1) is 0 Å². The number of piperazine rings is 1. The van der Waals surface area contributed by atoms with Gasteiger partial charge < -0.3 is 14.2 Å². The van der Waals surface area contributed by atoms with Gasteiger partial charge in [-0.1, -0.05) is 12.1 Å². The molecule has 134 valence electrons. The first-order valence-corrected chi connectivity index (χ1v) is 9.10. The fraction of sp³-hybridized carbons (Fsp3) is 0.684. The minimum atomic E-state index is 0.339. The van der Waals surface area contributed by atoms with Crippen LogP contribution in [-0.2, 0) is 16.0 Å². The highest BCUT2D eigenvalue weighted by Crippen LogP contribution is 2.14. The Bertz CT molecular complexity index is 466. The van der Waals surface area contributed by atoms with Crippen molar-refractivity contribution in [3.05, 3.63) is 29.8 Å². The molecule has 0 aromatic heterocycles. The molecule has 2 saturated heterocycles. The number of hydrogen-bond acceptors (Lipinski definition) is 5. The summed E-state index contributed by atoms with van der Waals surface area (Å²) in [6.07, 6.45) is 2.68. The predicted molar refractivity (Wildman–Crippen MR) is 94.5 cm³/mol. The quantitative estimate of drug-likeness (QED) is 0.680. The van der Waals surface area contributed by atoms with E-state index in [1.807, 2.05) is 12.1 Å². The summed E-state index contributed by atoms with van der Waals surface area (Å²) in [5, 5.41) is 0. The SMILES string of the molecule is COc1ccc(CN2CCN(CCOCC3CCCO3)CC2)cc1. The van der Waals surface area contributed by atoms with E-state index < -0.39 is 0 Å². The number of methoxy groups -OCH3 is 1. The first-order chi connectivity index (χ1) is 11.8. The Morgan fingerprint density at radius 1 is 1.08 bits per heavy atom. The Morgan fingerprint density at radius 3 is 2.50 bits per heavy atom. The number of ether oxygens (including phenoxy) is 3. The van der Waals surface area contributed by atoms with Crippen molar-refractivity contribution < 1.29 is 14.2 Å². The lowest BCUT2D eigenvalue weighted by Crippen LogP contribution is -2.46. The third-order valence-electron chi connectivity index (χ3n) is 4.91. The average Bonchev–Trinajstić information content (AvgIpc) is 3.14. The standard InChI is InChI=1S/C19H30N2O3/c1-22-18-6-4-17(5-7-18)15-21-10-8-20(9-11-21)12-14-23-16-19-3-2-13-24-19/h4-7,19H,2-3,8-16H2,1H3. The van der Waals surface area contributed by atoms with Crippen LogP contribution in [-0.4, -0.2) is 75.6 Å². The molecule has 0 saturated carbocycles. The molecule has 2 aliphatic rings. The highest BCUT2D eigenvalue weighted by atomic mass is 16.5. The van der Waals surface area contributed by atoms with Crippen LogP contribution in [0.2, 0.25) is 0 Å². The van der Waals surface area contributed by atoms with E-state index in [0.29, 0.717) is 6.10 Å². The Hall–Kier alpha value is -1.14. The summed E-state index contributed by atoms with van der Waals surface area (Å²) in [4.78, 5) is 5.02. The maximum atomic E-state index is 5.77. The van der Waals surface area contributed by atoms with Gasteiger partial charge >= 0.3 is 0 Å². The molecule has 0 radical (unpaired) electrons. The molecule has 1 aromatic rings. The van der Waals surface area contributed by atoms with Gasteiger partial charge in [0.1, 0.15) is 5.75 Å². The molecule has 5 heteroatoms. The van der Waals surface area contributed by atoms with E-state index in [-0.39, 0.29) is 0 Å². The molecule has 1 unspecified atom stereocenters. The molecular formula is C19H30N2O3. The molecule has 2 aliphatic heterocycles. The van der Waals surface area contributed by atoms with Crippen molar-refractivity contribution >= 4 is 0 Å². The van der Waals surface area contributed by atoms with E-state index in [1.54, 1.807) is 7.11 Å². The summed E-state index contributed by atoms with van der Waals surface area (Å²) in [6, 6.07) is 8.39. The molecule has 1 aromatic carbocycles. The second-order valence-electron chi connectivity index (χ2n) is 6.68. The third-order valence-corrected chi connectivity index (χ3v) is 4.91. The molecule has 0 spiro atoms. The average molecular weight is 334 g/mol. The molecule has 0 N–H and O–H groups in total. The zero-order chi connectivity index (χ0) is 16.6. The number of rotatable bonds is 8. The summed E-state index contributed by atoms with van der Waals surface area (Å²) in [5.74, 6) is 0.923. The van der Waals surface area contributed by atoms with E-state index in [4.69, 9.17) is 14.2 Å². The first kappa shape index (κ1) is 17.7. The van der Waals surface area contributed by atoms with Gasteiger partial charge in [0, 0.05) is 45.9 Å². The maximum Gasteiger partial charge on any atom is 0.118 e. The van der Waals surface area contributed by atoms with Gasteiger partial charge in [-0.25, -0.2) is 0 Å². The molecule has 2 fully saturated rings. The topological polar surface area (TPSA) is 34.2 Å². The van der Waals surface area contributed by atoms with Crippen LogP contribution in [0.3, 0.4) is 0 Å². The van der Waals surface area contributed by atoms with Gasteiger partial charge in [0.05, 0.1) is 26.4 Å². The van der Waals surface area contributed by atoms with Crippen LogP contribution >= 0.6 is 0 Å². The fourth-order valence-corrected chi connectivity index (χ4v) is 3.34. The lowest BCUT2D eigenvalue weighted by atomic mass is 10.2. The summed E-state index contributed by atoms with van der Waals surface area (Å²) >= 11 is 0. The molecule has 5 nitrogen and oxygen atoms in total. The van der Waals surface area contributed by atoms with Gasteiger partial charge in [-0.2, -0.15) is 0 Å². The Labute approximate surface area is 145 Å². The molecule has 0 bridgehead atoms. The third kappa shape index (κ3) is 5.45. The van der Waals surface area contributed by atoms with Gasteiger partial charge in [-0.3, -0.25) is 9.80 Å². The predicted octanol–water partition coefficient (Wildman–Crippen LogP) is 2.01. The normalized spacial score (nSPS) is 22.8. The molecular weight excluding hydrogens is 304 g/mol. The van der Waals surface area contributed by atoms with Crippen molar-refractivity contribution in [3.8, 4) is 5.75 Å². The van der Waals surface area contributed by atoms with E-state index in [9.17, 15) is 0 Å². The largest absolute Gasteiger partial charge is 0.497 e. The Kier molecular flexibility index (Phi) is 6.90. The summed E-state index contributed by atoms with van der Waals surface area (Å²) in [5.41, 5.74) is 1.35. The lowest BCUT2D eigenvalue weighted by molar-refractivity contribution is 0.00611. The Balaban J connectivity index is 1.29. The van der Waals surface area contributed by atoms with Gasteiger partial charge in [0.25, 0.3) is 0 Å². The molecule has 3 rings (SSSR count). The van der Waals surface area contributed by atoms with E-state index in [0.717, 1.165) is 71.3 Å². The van der Waals surface area contributed by atoms with Crippen molar-refractivity contribution in [1.82, 2.24) is 9.80 Å². The second-order valence-corrected chi connectivity index (χ2v) is 6.68. The summed E-state index contributed by atoms with van der Waals surface area (Å²) in [6.45, 7) is 9.03. The monoisotopic (exact) mass is 334 g/mol. The molecule has 0 aliphatic carbocycles. The number of benzene rings is 1. The number of hydrogen-bond donors (Lipinski definition) is 0. The summed E-state index contributed by atoms with van der Waals surface area (Å²) < 4.78 is 16.6. The zero-order valence-corrected chi connectivity index (χ0v) is 14.8. The number of nitrogens with zero attached hydrogens (tertiary/aromatic N) is 2. The van der Waals surface area contributed by atoms with Crippen LogP contribution in [0.15, 0.2) is 24.3 Å². The fourth-order valence-electron chi connectivity index (χ4n) is 3.34. The minimum absolute atomic E-state index is 0.339. The maximum absolute atomic E-state index is 5.77. The van der Waals surface area contributed by atoms with Crippen LogP contribution in [0.5, 0.6) is 5.75 Å². The van der Waals surface area contributed by atoms with E-state index in [1.165, 1.54) is 12.0 Å². The molecule has 0 amide bonds. The smallest absolute Gasteiger partial charge is 0.118 e. The van der Waals surface area contributed by atoms with Crippen LogP contribution in [0.1, 0.15) is 18.4 Å². The second kappa shape index (κ2) is 9.37. The van der Waals surface area contributed by atoms with Crippen molar-refractivity contribution in [2.24, 2.45) is 0 Å². The minimum Gasteiger partial charge on any atom is -0.497 e. The lowest BCUT2D eigenvalue weighted by Gasteiger charge is -2.34. The van der Waals surface area contributed by atoms with Gasteiger partial charge in [0.15, 0.2) is 0 Å². The van der Waals surface area contributed by atoms with Crippen LogP contribution < -0.4 is 4.74 Å².